The van der Waals surface area contributed by atoms with Gasteiger partial charge in [-0.25, -0.2) is 13.4 Å². The Labute approximate surface area is 148 Å². The van der Waals surface area contributed by atoms with Gasteiger partial charge in [0.2, 0.25) is 5.95 Å². The second-order valence-corrected chi connectivity index (χ2v) is 8.34. The number of methoxy groups -OCH3 is 1. The van der Waals surface area contributed by atoms with Crippen LogP contribution < -0.4 is 15.0 Å². The van der Waals surface area contributed by atoms with Crippen LogP contribution >= 0.6 is 0 Å². The van der Waals surface area contributed by atoms with Crippen molar-refractivity contribution in [3.63, 3.8) is 0 Å². The summed E-state index contributed by atoms with van der Waals surface area (Å²) in [5.74, 6) is 2.45. The van der Waals surface area contributed by atoms with Crippen LogP contribution in [0.1, 0.15) is 12.0 Å². The third kappa shape index (κ3) is 4.39. The molecule has 1 N–H and O–H groups in total. The third-order valence-corrected chi connectivity index (χ3v) is 6.10. The van der Waals surface area contributed by atoms with E-state index in [1.54, 1.807) is 19.4 Å². The zero-order chi connectivity index (χ0) is 17.9. The van der Waals surface area contributed by atoms with Gasteiger partial charge in [0.15, 0.2) is 9.84 Å². The summed E-state index contributed by atoms with van der Waals surface area (Å²) in [6.45, 7) is 0.627. The first-order valence-electron chi connectivity index (χ1n) is 8.10. The van der Waals surface area contributed by atoms with E-state index in [0.29, 0.717) is 24.7 Å². The summed E-state index contributed by atoms with van der Waals surface area (Å²) in [5.41, 5.74) is 1.11. The van der Waals surface area contributed by atoms with Gasteiger partial charge in [-0.2, -0.15) is 4.98 Å². The lowest BCUT2D eigenvalue weighted by Gasteiger charge is -2.23. The molecule has 134 valence electrons. The van der Waals surface area contributed by atoms with Gasteiger partial charge in [0.1, 0.15) is 11.6 Å². The number of rotatable bonds is 6. The molecule has 1 aliphatic heterocycles. The Bertz CT molecular complexity index is 824. The zero-order valence-corrected chi connectivity index (χ0v) is 15.2. The number of nitrogens with zero attached hydrogens (tertiary/aromatic N) is 3. The summed E-state index contributed by atoms with van der Waals surface area (Å²) >= 11 is 0. The van der Waals surface area contributed by atoms with Crippen LogP contribution in [0.15, 0.2) is 36.5 Å². The van der Waals surface area contributed by atoms with Crippen molar-refractivity contribution in [2.75, 3.05) is 35.9 Å². The minimum Gasteiger partial charge on any atom is -0.497 e. The number of anilines is 2. The van der Waals surface area contributed by atoms with Crippen molar-refractivity contribution in [2.24, 2.45) is 0 Å². The molecule has 2 aromatic rings. The number of sulfone groups is 1. The molecule has 8 heteroatoms. The number of nitrogens with one attached hydrogen (secondary N) is 1. The van der Waals surface area contributed by atoms with Crippen LogP contribution in [0.4, 0.5) is 11.8 Å². The molecule has 7 nitrogen and oxygen atoms in total. The van der Waals surface area contributed by atoms with Crippen molar-refractivity contribution in [3.8, 4) is 5.75 Å². The Morgan fingerprint density at radius 2 is 2.04 bits per heavy atom. The lowest BCUT2D eigenvalue weighted by atomic mass is 10.2. The molecule has 1 aliphatic rings. The van der Waals surface area contributed by atoms with Gasteiger partial charge in [-0.3, -0.25) is 0 Å². The normalized spacial score (nSPS) is 18.7. The molecule has 2 heterocycles. The Hall–Kier alpha value is -2.35. The van der Waals surface area contributed by atoms with Gasteiger partial charge in [-0.1, -0.05) is 12.1 Å². The van der Waals surface area contributed by atoms with Crippen LogP contribution in [0, 0.1) is 0 Å². The molecule has 1 unspecified atom stereocenters. The van der Waals surface area contributed by atoms with Crippen LogP contribution in [0.3, 0.4) is 0 Å². The Balaban J connectivity index is 1.64. The van der Waals surface area contributed by atoms with Crippen molar-refractivity contribution in [2.45, 2.75) is 19.0 Å². The second-order valence-electron chi connectivity index (χ2n) is 6.11. The summed E-state index contributed by atoms with van der Waals surface area (Å²) in [5, 5.41) is 3.26. The third-order valence-electron chi connectivity index (χ3n) is 4.35. The fourth-order valence-corrected chi connectivity index (χ4v) is 4.57. The van der Waals surface area contributed by atoms with E-state index in [4.69, 9.17) is 4.74 Å². The Morgan fingerprint density at radius 1 is 1.28 bits per heavy atom. The monoisotopic (exact) mass is 362 g/mol. The van der Waals surface area contributed by atoms with E-state index in [9.17, 15) is 8.42 Å². The predicted molar refractivity (Wildman–Crippen MR) is 97.8 cm³/mol. The fourth-order valence-electron chi connectivity index (χ4n) is 2.80. The molecule has 0 amide bonds. The standard InChI is InChI=1S/C17H22N4O3S/c1-21(14-8-10-25(22,23)12-14)17-18-9-7-16(20-17)19-11-13-3-5-15(24-2)6-4-13/h3-7,9,14H,8,10-12H2,1-2H3,(H,18,19,20). The van der Waals surface area contributed by atoms with Gasteiger partial charge in [-0.15, -0.1) is 0 Å². The average Bonchev–Trinajstić information content (AvgIpc) is 3.00. The summed E-state index contributed by atoms with van der Waals surface area (Å²) < 4.78 is 28.5. The molecule has 0 saturated carbocycles. The van der Waals surface area contributed by atoms with Gasteiger partial charge in [0, 0.05) is 25.8 Å². The number of ether oxygens (including phenoxy) is 1. The first kappa shape index (κ1) is 17.5. The van der Waals surface area contributed by atoms with E-state index in [1.165, 1.54) is 0 Å². The van der Waals surface area contributed by atoms with E-state index in [-0.39, 0.29) is 17.5 Å². The highest BCUT2D eigenvalue weighted by atomic mass is 32.2. The van der Waals surface area contributed by atoms with Crippen LogP contribution in [0.25, 0.3) is 0 Å². The molecule has 1 saturated heterocycles. The van der Waals surface area contributed by atoms with Gasteiger partial charge in [0.25, 0.3) is 0 Å². The SMILES string of the molecule is COc1ccc(CNc2ccnc(N(C)C3CCS(=O)(=O)C3)n2)cc1. The number of hydrogen-bond donors (Lipinski definition) is 1. The molecule has 0 aliphatic carbocycles. The second kappa shape index (κ2) is 7.26. The predicted octanol–water partition coefficient (Wildman–Crippen LogP) is 1.72. The minimum atomic E-state index is -2.93. The lowest BCUT2D eigenvalue weighted by molar-refractivity contribution is 0.414. The Morgan fingerprint density at radius 3 is 2.68 bits per heavy atom. The van der Waals surface area contributed by atoms with Crippen molar-refractivity contribution in [1.29, 1.82) is 0 Å². The van der Waals surface area contributed by atoms with E-state index in [0.717, 1.165) is 11.3 Å². The van der Waals surface area contributed by atoms with Crippen LogP contribution in [0.5, 0.6) is 5.75 Å². The quantitative estimate of drug-likeness (QED) is 0.837. The molecular formula is C17H22N4O3S. The fraction of sp³-hybridized carbons (Fsp3) is 0.412. The number of aromatic nitrogens is 2. The summed E-state index contributed by atoms with van der Waals surface area (Å²) in [6.07, 6.45) is 2.30. The molecule has 0 radical (unpaired) electrons. The first-order chi connectivity index (χ1) is 12.0. The van der Waals surface area contributed by atoms with Gasteiger partial charge < -0.3 is 15.0 Å². The van der Waals surface area contributed by atoms with Crippen LogP contribution in [0.2, 0.25) is 0 Å². The first-order valence-corrected chi connectivity index (χ1v) is 9.92. The van der Waals surface area contributed by atoms with E-state index in [1.807, 2.05) is 36.2 Å². The molecule has 1 fully saturated rings. The average molecular weight is 362 g/mol. The molecule has 25 heavy (non-hydrogen) atoms. The minimum absolute atomic E-state index is 0.0677. The maximum atomic E-state index is 11.7. The number of hydrogen-bond acceptors (Lipinski definition) is 7. The van der Waals surface area contributed by atoms with Crippen LogP contribution in [-0.4, -0.2) is 50.1 Å². The summed E-state index contributed by atoms with van der Waals surface area (Å²) in [7, 11) is 0.548. The molecule has 1 aromatic carbocycles. The van der Waals surface area contributed by atoms with E-state index in [2.05, 4.69) is 15.3 Å². The van der Waals surface area contributed by atoms with Crippen LogP contribution in [-0.2, 0) is 16.4 Å². The van der Waals surface area contributed by atoms with Crippen molar-refractivity contribution in [1.82, 2.24) is 9.97 Å². The summed E-state index contributed by atoms with van der Waals surface area (Å²) in [6, 6.07) is 9.54. The molecule has 1 aromatic heterocycles. The van der Waals surface area contributed by atoms with Gasteiger partial charge >= 0.3 is 0 Å². The topological polar surface area (TPSA) is 84.4 Å². The van der Waals surface area contributed by atoms with Gasteiger partial charge in [0.05, 0.1) is 18.6 Å². The van der Waals surface area contributed by atoms with E-state index >= 15 is 0 Å². The van der Waals surface area contributed by atoms with Crippen molar-refractivity contribution < 1.29 is 13.2 Å². The Kier molecular flexibility index (Phi) is 5.08. The zero-order valence-electron chi connectivity index (χ0n) is 14.3. The molecule has 0 spiro atoms. The summed E-state index contributed by atoms with van der Waals surface area (Å²) in [4.78, 5) is 10.6. The molecule has 3 rings (SSSR count). The van der Waals surface area contributed by atoms with Gasteiger partial charge in [-0.05, 0) is 30.2 Å². The maximum absolute atomic E-state index is 11.7. The largest absolute Gasteiger partial charge is 0.497 e. The lowest BCUT2D eigenvalue weighted by Crippen LogP contribution is -2.33. The van der Waals surface area contributed by atoms with Crippen molar-refractivity contribution in [3.05, 3.63) is 42.1 Å². The number of benzene rings is 1. The smallest absolute Gasteiger partial charge is 0.227 e. The highest BCUT2D eigenvalue weighted by molar-refractivity contribution is 7.91. The van der Waals surface area contributed by atoms with E-state index < -0.39 is 9.84 Å². The highest BCUT2D eigenvalue weighted by Gasteiger charge is 2.31. The molecular weight excluding hydrogens is 340 g/mol. The highest BCUT2D eigenvalue weighted by Crippen LogP contribution is 2.21. The van der Waals surface area contributed by atoms with Crippen molar-refractivity contribution >= 4 is 21.6 Å². The maximum Gasteiger partial charge on any atom is 0.227 e. The molecule has 1 atom stereocenters. The molecule has 0 bridgehead atoms.